The van der Waals surface area contributed by atoms with Crippen LogP contribution in [0.4, 0.5) is 0 Å². The maximum Gasteiger partial charge on any atom is 0.286 e. The highest BCUT2D eigenvalue weighted by Crippen LogP contribution is 2.32. The molecule has 5 nitrogen and oxygen atoms in total. The van der Waals surface area contributed by atoms with Crippen molar-refractivity contribution in [2.45, 2.75) is 13.8 Å². The van der Waals surface area contributed by atoms with Gasteiger partial charge in [0.2, 0.25) is 5.91 Å². The van der Waals surface area contributed by atoms with Gasteiger partial charge in [-0.15, -0.1) is 0 Å². The molecule has 3 rings (SSSR count). The Morgan fingerprint density at radius 3 is 2.88 bits per heavy atom. The fraction of sp³-hybridized carbons (Fsp3) is 0.118. The number of amidine groups is 1. The zero-order chi connectivity index (χ0) is 17.3. The first-order valence-electron chi connectivity index (χ1n) is 7.09. The molecule has 0 spiro atoms. The van der Waals surface area contributed by atoms with Gasteiger partial charge in [-0.3, -0.25) is 9.59 Å². The lowest BCUT2D eigenvalue weighted by Gasteiger charge is -2.03. The first-order valence-corrected chi connectivity index (χ1v) is 8.29. The molecule has 0 fully saturated rings. The first-order chi connectivity index (χ1) is 11.4. The van der Waals surface area contributed by atoms with Crippen LogP contribution in [0.15, 0.2) is 44.6 Å². The van der Waals surface area contributed by atoms with Gasteiger partial charge in [0, 0.05) is 23.6 Å². The van der Waals surface area contributed by atoms with Crippen LogP contribution in [-0.2, 0) is 9.59 Å². The monoisotopic (exact) mass is 360 g/mol. The molecule has 1 aliphatic rings. The van der Waals surface area contributed by atoms with E-state index in [4.69, 9.17) is 16.0 Å². The molecule has 0 unspecified atom stereocenters. The number of aliphatic imine (C=N–C) groups is 1. The Labute approximate surface area is 147 Å². The molecule has 24 heavy (non-hydrogen) atoms. The molecule has 0 bridgehead atoms. The predicted octanol–water partition coefficient (Wildman–Crippen LogP) is 4.01. The van der Waals surface area contributed by atoms with Crippen molar-refractivity contribution in [3.05, 3.63) is 51.6 Å². The lowest BCUT2D eigenvalue weighted by Crippen LogP contribution is -2.23. The number of rotatable bonds is 2. The quantitative estimate of drug-likeness (QED) is 0.821. The number of thioether (sulfide) groups is 1. The zero-order valence-corrected chi connectivity index (χ0v) is 14.5. The Kier molecular flexibility index (Phi) is 4.59. The summed E-state index contributed by atoms with van der Waals surface area (Å²) in [6.45, 7) is 3.28. The molecule has 1 aromatic carbocycles. The molecule has 0 atom stereocenters. The Morgan fingerprint density at radius 2 is 2.12 bits per heavy atom. The largest absolute Gasteiger partial charge is 0.457 e. The van der Waals surface area contributed by atoms with Crippen LogP contribution < -0.4 is 5.32 Å². The highest BCUT2D eigenvalue weighted by atomic mass is 35.5. The molecular weight excluding hydrogens is 348 g/mol. The van der Waals surface area contributed by atoms with Crippen LogP contribution >= 0.6 is 23.4 Å². The summed E-state index contributed by atoms with van der Waals surface area (Å²) in [6.07, 6.45) is 1.61. The molecule has 1 aromatic heterocycles. The fourth-order valence-corrected chi connectivity index (χ4v) is 3.21. The lowest BCUT2D eigenvalue weighted by atomic mass is 10.1. The summed E-state index contributed by atoms with van der Waals surface area (Å²) in [5.74, 6) is 0.521. The van der Waals surface area contributed by atoms with Gasteiger partial charge in [0.05, 0.1) is 4.91 Å². The highest BCUT2D eigenvalue weighted by molar-refractivity contribution is 8.18. The Morgan fingerprint density at radius 1 is 1.33 bits per heavy atom. The molecule has 2 amide bonds. The maximum atomic E-state index is 11.9. The van der Waals surface area contributed by atoms with E-state index < -0.39 is 5.91 Å². The van der Waals surface area contributed by atoms with Crippen molar-refractivity contribution in [3.63, 3.8) is 0 Å². The minimum absolute atomic E-state index is 0.271. The summed E-state index contributed by atoms with van der Waals surface area (Å²) in [6, 6.07) is 9.19. The van der Waals surface area contributed by atoms with Crippen LogP contribution in [0.25, 0.3) is 17.4 Å². The van der Waals surface area contributed by atoms with E-state index >= 15 is 0 Å². The predicted molar refractivity (Wildman–Crippen MR) is 95.7 cm³/mol. The van der Waals surface area contributed by atoms with Gasteiger partial charge in [0.15, 0.2) is 5.17 Å². The summed E-state index contributed by atoms with van der Waals surface area (Å²) in [5, 5.41) is 3.44. The molecule has 0 saturated heterocycles. The smallest absolute Gasteiger partial charge is 0.286 e. The molecule has 0 saturated carbocycles. The summed E-state index contributed by atoms with van der Waals surface area (Å²) in [4.78, 5) is 27.1. The second kappa shape index (κ2) is 6.67. The van der Waals surface area contributed by atoms with Crippen molar-refractivity contribution >= 4 is 46.4 Å². The number of carbonyl (C=O) groups excluding carboxylic acids is 2. The highest BCUT2D eigenvalue weighted by Gasteiger charge is 2.23. The van der Waals surface area contributed by atoms with Gasteiger partial charge < -0.3 is 9.73 Å². The minimum atomic E-state index is -0.402. The van der Waals surface area contributed by atoms with E-state index in [1.54, 1.807) is 12.1 Å². The van der Waals surface area contributed by atoms with E-state index in [1.807, 2.05) is 31.2 Å². The number of benzene rings is 1. The third-order valence-corrected chi connectivity index (χ3v) is 4.65. The molecule has 2 aromatic rings. The van der Waals surface area contributed by atoms with Crippen LogP contribution in [0.2, 0.25) is 5.02 Å². The average molecular weight is 361 g/mol. The summed E-state index contributed by atoms with van der Waals surface area (Å²) in [7, 11) is 0. The Bertz CT molecular complexity index is 899. The van der Waals surface area contributed by atoms with Gasteiger partial charge in [-0.1, -0.05) is 23.7 Å². The van der Waals surface area contributed by atoms with Crippen LogP contribution in [0.3, 0.4) is 0 Å². The number of amides is 2. The van der Waals surface area contributed by atoms with Gasteiger partial charge in [-0.05, 0) is 42.4 Å². The Hall–Kier alpha value is -2.31. The van der Waals surface area contributed by atoms with Gasteiger partial charge in [0.25, 0.3) is 5.91 Å². The van der Waals surface area contributed by atoms with E-state index in [0.717, 1.165) is 22.9 Å². The maximum absolute atomic E-state index is 11.9. The van der Waals surface area contributed by atoms with Crippen molar-refractivity contribution in [2.75, 3.05) is 0 Å². The van der Waals surface area contributed by atoms with Crippen LogP contribution in [0.1, 0.15) is 18.2 Å². The van der Waals surface area contributed by atoms with Gasteiger partial charge >= 0.3 is 0 Å². The van der Waals surface area contributed by atoms with E-state index in [-0.39, 0.29) is 11.1 Å². The minimum Gasteiger partial charge on any atom is -0.457 e. The fourth-order valence-electron chi connectivity index (χ4n) is 2.19. The number of carbonyl (C=O) groups is 2. The number of hydrogen-bond acceptors (Lipinski definition) is 4. The van der Waals surface area contributed by atoms with E-state index in [9.17, 15) is 9.59 Å². The van der Waals surface area contributed by atoms with Crippen LogP contribution in [0, 0.1) is 6.92 Å². The molecular formula is C17H13ClN2O3S. The van der Waals surface area contributed by atoms with Crippen molar-refractivity contribution in [2.24, 2.45) is 4.99 Å². The first kappa shape index (κ1) is 16.5. The topological polar surface area (TPSA) is 71.7 Å². The molecule has 0 radical (unpaired) electrons. The third-order valence-electron chi connectivity index (χ3n) is 3.34. The second-order valence-corrected chi connectivity index (χ2v) is 6.57. The third kappa shape index (κ3) is 3.44. The average Bonchev–Trinajstić information content (AvgIpc) is 3.09. The number of halogens is 1. The van der Waals surface area contributed by atoms with E-state index in [0.29, 0.717) is 21.4 Å². The van der Waals surface area contributed by atoms with Gasteiger partial charge in [0.1, 0.15) is 11.5 Å². The van der Waals surface area contributed by atoms with Crippen molar-refractivity contribution in [3.8, 4) is 11.3 Å². The molecule has 1 N–H and O–H groups in total. The molecule has 7 heteroatoms. The van der Waals surface area contributed by atoms with Crippen LogP contribution in [0.5, 0.6) is 0 Å². The van der Waals surface area contributed by atoms with Crippen molar-refractivity contribution < 1.29 is 14.0 Å². The molecule has 1 aliphatic heterocycles. The van der Waals surface area contributed by atoms with Crippen molar-refractivity contribution in [1.29, 1.82) is 0 Å². The Balaban J connectivity index is 1.83. The molecule has 2 heterocycles. The number of furan rings is 1. The second-order valence-electron chi connectivity index (χ2n) is 5.13. The normalized spacial score (nSPS) is 15.7. The van der Waals surface area contributed by atoms with Crippen LogP contribution in [-0.4, -0.2) is 17.0 Å². The van der Waals surface area contributed by atoms with Gasteiger partial charge in [-0.25, -0.2) is 0 Å². The number of nitrogens with one attached hydrogen (secondary N) is 1. The summed E-state index contributed by atoms with van der Waals surface area (Å²) in [5.41, 5.74) is 1.82. The SMILES string of the molecule is CC(=O)NC1=NC(=O)C(=Cc2ccc(-c3cccc(Cl)c3C)o2)S1. The number of nitrogens with zero attached hydrogens (tertiary/aromatic N) is 1. The summed E-state index contributed by atoms with van der Waals surface area (Å²) < 4.78 is 5.79. The number of hydrogen-bond donors (Lipinski definition) is 1. The van der Waals surface area contributed by atoms with E-state index in [1.165, 1.54) is 6.92 Å². The lowest BCUT2D eigenvalue weighted by molar-refractivity contribution is -0.117. The zero-order valence-electron chi connectivity index (χ0n) is 12.9. The standard InChI is InChI=1S/C17H13ClN2O3S/c1-9-12(4-3-5-13(9)18)14-7-6-11(23-14)8-15-16(22)20-17(24-15)19-10(2)21/h3-8H,1-2H3,(H,19,20,21,22). The van der Waals surface area contributed by atoms with E-state index in [2.05, 4.69) is 10.3 Å². The molecule has 122 valence electrons. The molecule has 0 aliphatic carbocycles. The van der Waals surface area contributed by atoms with Crippen molar-refractivity contribution in [1.82, 2.24) is 5.32 Å². The summed E-state index contributed by atoms with van der Waals surface area (Å²) >= 11 is 7.23. The van der Waals surface area contributed by atoms with Gasteiger partial charge in [-0.2, -0.15) is 4.99 Å².